The Morgan fingerprint density at radius 1 is 1.28 bits per heavy atom. The first-order valence-corrected chi connectivity index (χ1v) is 9.06. The van der Waals surface area contributed by atoms with E-state index in [4.69, 9.17) is 4.74 Å². The Labute approximate surface area is 162 Å². The van der Waals surface area contributed by atoms with Crippen molar-refractivity contribution in [2.75, 3.05) is 18.5 Å². The van der Waals surface area contributed by atoms with Crippen molar-refractivity contribution in [1.29, 1.82) is 0 Å². The van der Waals surface area contributed by atoms with Crippen molar-refractivity contribution in [3.8, 4) is 11.6 Å². The van der Waals surface area contributed by atoms with Gasteiger partial charge in [-0.3, -0.25) is 9.97 Å². The molecule has 0 aromatic carbocycles. The maximum absolute atomic E-state index is 15.0. The van der Waals surface area contributed by atoms with Crippen LogP contribution in [0.25, 0.3) is 28.0 Å². The van der Waals surface area contributed by atoms with E-state index in [-0.39, 0.29) is 39.8 Å². The van der Waals surface area contributed by atoms with Crippen molar-refractivity contribution >= 4 is 27.9 Å². The van der Waals surface area contributed by atoms with E-state index < -0.39 is 17.3 Å². The van der Waals surface area contributed by atoms with E-state index in [1.54, 1.807) is 18.0 Å². The molecule has 0 unspecified atom stereocenters. The van der Waals surface area contributed by atoms with Gasteiger partial charge in [0, 0.05) is 38.3 Å². The molecule has 1 aliphatic heterocycles. The van der Waals surface area contributed by atoms with Crippen LogP contribution in [-0.2, 0) is 0 Å². The zero-order valence-electron chi connectivity index (χ0n) is 15.6. The molecule has 0 fully saturated rings. The molecule has 0 amide bonds. The Balaban J connectivity index is 1.94. The number of anilines is 1. The minimum Gasteiger partial charge on any atom is -0.488 e. The van der Waals surface area contributed by atoms with Crippen molar-refractivity contribution < 1.29 is 13.5 Å². The Hall–Kier alpha value is -3.56. The molecule has 0 aliphatic carbocycles. The molecule has 10 heteroatoms. The summed E-state index contributed by atoms with van der Waals surface area (Å²) in [4.78, 5) is 29.4. The summed E-state index contributed by atoms with van der Waals surface area (Å²) in [5, 5.41) is 0. The Bertz CT molecular complexity index is 1330. The number of nitrogens with zero attached hydrogens (tertiary/aromatic N) is 5. The first-order valence-electron chi connectivity index (χ1n) is 9.06. The number of pyridine rings is 3. The number of halogens is 2. The summed E-state index contributed by atoms with van der Waals surface area (Å²) < 4.78 is 36.7. The van der Waals surface area contributed by atoms with Crippen molar-refractivity contribution in [3.63, 3.8) is 0 Å². The lowest BCUT2D eigenvalue weighted by Gasteiger charge is -2.24. The number of aromatic nitrogens is 5. The lowest BCUT2D eigenvalue weighted by molar-refractivity contribution is 0.215. The first kappa shape index (κ1) is 17.5. The van der Waals surface area contributed by atoms with E-state index in [1.165, 1.54) is 6.20 Å². The highest BCUT2D eigenvalue weighted by atomic mass is 19.1. The van der Waals surface area contributed by atoms with Crippen molar-refractivity contribution in [3.05, 3.63) is 46.6 Å². The maximum Gasteiger partial charge on any atom is 0.333 e. The molecule has 4 aromatic heterocycles. The SMILES string of the molecule is C[C@@H]1CCN(C)c2c(F)cnc3cc(F)c(nc23)-n2c(=O)[nH]c3nccc(c32)O1. The number of nitrogens with one attached hydrogen (secondary N) is 1. The van der Waals surface area contributed by atoms with Gasteiger partial charge in [0.1, 0.15) is 22.5 Å². The average molecular weight is 398 g/mol. The minimum atomic E-state index is -0.770. The summed E-state index contributed by atoms with van der Waals surface area (Å²) in [6.07, 6.45) is 2.87. The molecule has 1 N–H and O–H groups in total. The van der Waals surface area contributed by atoms with Crippen molar-refractivity contribution in [1.82, 2.24) is 24.5 Å². The third-order valence-corrected chi connectivity index (χ3v) is 5.04. The largest absolute Gasteiger partial charge is 0.488 e. The first-order chi connectivity index (χ1) is 13.9. The predicted octanol–water partition coefficient (Wildman–Crippen LogP) is 2.54. The Morgan fingerprint density at radius 3 is 2.93 bits per heavy atom. The van der Waals surface area contributed by atoms with Gasteiger partial charge in [0.05, 0.1) is 17.8 Å². The van der Waals surface area contributed by atoms with Crippen molar-refractivity contribution in [2.24, 2.45) is 0 Å². The molecule has 1 aliphatic rings. The highest BCUT2D eigenvalue weighted by Crippen LogP contribution is 2.32. The number of H-pyrrole nitrogens is 1. The number of fused-ring (bicyclic) bond motifs is 2. The summed E-state index contributed by atoms with van der Waals surface area (Å²) in [6, 6.07) is 2.76. The smallest absolute Gasteiger partial charge is 0.333 e. The van der Waals surface area contributed by atoms with Gasteiger partial charge in [-0.1, -0.05) is 0 Å². The van der Waals surface area contributed by atoms with E-state index >= 15 is 0 Å². The van der Waals surface area contributed by atoms with Crippen LogP contribution in [0.4, 0.5) is 14.5 Å². The standard InChI is InChI=1S/C19H16F2N6O2/c1-9-4-6-26(2)15-11(21)8-23-12-7-10(20)18(24-14(12)15)27-16-13(29-9)3-5-22-17(16)25-19(27)28/h3,5,7-9H,4,6H2,1-2H3,(H,22,25,28)/t9-/m1/s1. The van der Waals surface area contributed by atoms with E-state index in [0.29, 0.717) is 18.7 Å². The molecular weight excluding hydrogens is 382 g/mol. The molecule has 1 atom stereocenters. The number of hydrogen-bond acceptors (Lipinski definition) is 6. The number of hydrogen-bond donors (Lipinski definition) is 1. The minimum absolute atomic E-state index is 0.171. The lowest BCUT2D eigenvalue weighted by atomic mass is 10.2. The van der Waals surface area contributed by atoms with E-state index in [9.17, 15) is 13.6 Å². The molecule has 5 rings (SSSR count). The molecular formula is C19H16F2N6O2. The number of rotatable bonds is 0. The normalized spacial score (nSPS) is 16.7. The van der Waals surface area contributed by atoms with Crippen LogP contribution in [-0.4, -0.2) is 44.2 Å². The van der Waals surface area contributed by atoms with Crippen LogP contribution >= 0.6 is 0 Å². The summed E-state index contributed by atoms with van der Waals surface area (Å²) in [5.41, 5.74) is 0.447. The molecule has 5 heterocycles. The van der Waals surface area contributed by atoms with E-state index in [1.807, 2.05) is 6.92 Å². The fourth-order valence-electron chi connectivity index (χ4n) is 3.63. The van der Waals surface area contributed by atoms with Crippen LogP contribution in [0.1, 0.15) is 13.3 Å². The second-order valence-electron chi connectivity index (χ2n) is 7.03. The third kappa shape index (κ3) is 2.63. The molecule has 0 saturated heterocycles. The highest BCUT2D eigenvalue weighted by molar-refractivity contribution is 5.89. The maximum atomic E-state index is 15.0. The third-order valence-electron chi connectivity index (χ3n) is 5.04. The summed E-state index contributed by atoms with van der Waals surface area (Å²) in [5.74, 6) is -1.25. The van der Waals surface area contributed by atoms with Crippen LogP contribution in [0.3, 0.4) is 0 Å². The zero-order chi connectivity index (χ0) is 20.3. The molecule has 0 saturated carbocycles. The van der Waals surface area contributed by atoms with Gasteiger partial charge in [0.25, 0.3) is 0 Å². The number of imidazole rings is 1. The zero-order valence-corrected chi connectivity index (χ0v) is 15.6. The second kappa shape index (κ2) is 6.23. The monoisotopic (exact) mass is 398 g/mol. The molecule has 4 aromatic rings. The molecule has 148 valence electrons. The van der Waals surface area contributed by atoms with Crippen LogP contribution in [0, 0.1) is 11.6 Å². The molecule has 8 nitrogen and oxygen atoms in total. The lowest BCUT2D eigenvalue weighted by Crippen LogP contribution is -2.27. The molecule has 2 bridgehead atoms. The topological polar surface area (TPSA) is 88.9 Å². The number of aromatic amines is 1. The molecule has 0 spiro atoms. The molecule has 0 radical (unpaired) electrons. The fourth-order valence-corrected chi connectivity index (χ4v) is 3.63. The van der Waals surface area contributed by atoms with Gasteiger partial charge < -0.3 is 9.64 Å². The Morgan fingerprint density at radius 2 is 2.10 bits per heavy atom. The van der Waals surface area contributed by atoms with Crippen LogP contribution in [0.2, 0.25) is 0 Å². The van der Waals surface area contributed by atoms with E-state index in [0.717, 1.165) is 16.8 Å². The number of ether oxygens (including phenoxy) is 1. The fraction of sp³-hybridized carbons (Fsp3) is 0.263. The van der Waals surface area contributed by atoms with Gasteiger partial charge in [-0.2, -0.15) is 0 Å². The second-order valence-corrected chi connectivity index (χ2v) is 7.03. The predicted molar refractivity (Wildman–Crippen MR) is 103 cm³/mol. The average Bonchev–Trinajstić information content (AvgIpc) is 3.02. The Kier molecular flexibility index (Phi) is 3.76. The molecule has 29 heavy (non-hydrogen) atoms. The van der Waals surface area contributed by atoms with E-state index in [2.05, 4.69) is 19.9 Å². The van der Waals surface area contributed by atoms with Crippen LogP contribution in [0.15, 0.2) is 29.3 Å². The van der Waals surface area contributed by atoms with Gasteiger partial charge in [0.15, 0.2) is 23.1 Å². The van der Waals surface area contributed by atoms with Gasteiger partial charge in [-0.15, -0.1) is 0 Å². The summed E-state index contributed by atoms with van der Waals surface area (Å²) in [6.45, 7) is 2.34. The van der Waals surface area contributed by atoms with Crippen molar-refractivity contribution in [2.45, 2.75) is 19.4 Å². The van der Waals surface area contributed by atoms with Gasteiger partial charge in [-0.25, -0.2) is 28.1 Å². The summed E-state index contributed by atoms with van der Waals surface area (Å²) >= 11 is 0. The quantitative estimate of drug-likeness (QED) is 0.490. The van der Waals surface area contributed by atoms with Gasteiger partial charge >= 0.3 is 5.69 Å². The van der Waals surface area contributed by atoms with Gasteiger partial charge in [-0.05, 0) is 6.92 Å². The highest BCUT2D eigenvalue weighted by Gasteiger charge is 2.24. The van der Waals surface area contributed by atoms with Crippen LogP contribution in [0.5, 0.6) is 5.75 Å². The summed E-state index contributed by atoms with van der Waals surface area (Å²) in [7, 11) is 1.72. The van der Waals surface area contributed by atoms with Gasteiger partial charge in [0.2, 0.25) is 0 Å². The van der Waals surface area contributed by atoms with Crippen LogP contribution < -0.4 is 15.3 Å².